The molecule has 26 heavy (non-hydrogen) atoms. The third-order valence-corrected chi connectivity index (χ3v) is 4.96. The van der Waals surface area contributed by atoms with Crippen LogP contribution in [0.3, 0.4) is 0 Å². The Hall–Kier alpha value is -2.24. The molecule has 0 fully saturated rings. The minimum absolute atomic E-state index is 0.163. The molecule has 1 amide bonds. The van der Waals surface area contributed by atoms with Crippen LogP contribution >= 0.6 is 23.4 Å². The Morgan fingerprint density at radius 3 is 2.73 bits per heavy atom. The van der Waals surface area contributed by atoms with Gasteiger partial charge in [-0.2, -0.15) is 0 Å². The molecule has 0 saturated carbocycles. The Kier molecular flexibility index (Phi) is 5.69. The molecule has 0 aliphatic carbocycles. The monoisotopic (exact) mass is 386 g/mol. The standard InChI is InChI=1S/C20H19ClN2O2S/c1-4-26-20-22-17(11-14-7-5-6-13(2)10-14)19(24)23(20)15-8-9-18(25-3)16(21)12-15/h5-12H,4H2,1-3H3. The van der Waals surface area contributed by atoms with Crippen molar-refractivity contribution in [3.63, 3.8) is 0 Å². The van der Waals surface area contributed by atoms with Crippen LogP contribution in [0, 0.1) is 6.92 Å². The van der Waals surface area contributed by atoms with E-state index in [9.17, 15) is 4.79 Å². The summed E-state index contributed by atoms with van der Waals surface area (Å²) in [6.45, 7) is 4.05. The molecule has 0 aromatic heterocycles. The highest BCUT2D eigenvalue weighted by Gasteiger charge is 2.32. The van der Waals surface area contributed by atoms with Crippen LogP contribution in [0.2, 0.25) is 5.02 Å². The Morgan fingerprint density at radius 2 is 2.08 bits per heavy atom. The third kappa shape index (κ3) is 3.79. The Morgan fingerprint density at radius 1 is 1.27 bits per heavy atom. The lowest BCUT2D eigenvalue weighted by atomic mass is 10.1. The number of amides is 1. The van der Waals surface area contributed by atoms with Gasteiger partial charge in [0.05, 0.1) is 17.8 Å². The van der Waals surface area contributed by atoms with Gasteiger partial charge in [0.25, 0.3) is 5.91 Å². The number of carbonyl (C=O) groups excluding carboxylic acids is 1. The topological polar surface area (TPSA) is 41.9 Å². The second-order valence-electron chi connectivity index (χ2n) is 5.73. The van der Waals surface area contributed by atoms with E-state index in [0.717, 1.165) is 16.9 Å². The summed E-state index contributed by atoms with van der Waals surface area (Å²) >= 11 is 7.76. The van der Waals surface area contributed by atoms with Gasteiger partial charge in [-0.15, -0.1) is 0 Å². The molecule has 0 N–H and O–H groups in total. The van der Waals surface area contributed by atoms with E-state index in [4.69, 9.17) is 16.3 Å². The number of thioether (sulfide) groups is 1. The number of aliphatic imine (C=N–C) groups is 1. The SMILES string of the molecule is CCSC1=NC(=Cc2cccc(C)c2)C(=O)N1c1ccc(OC)c(Cl)c1. The molecule has 0 bridgehead atoms. The van der Waals surface area contributed by atoms with Crippen LogP contribution < -0.4 is 9.64 Å². The molecule has 6 heteroatoms. The predicted molar refractivity (Wildman–Crippen MR) is 110 cm³/mol. The smallest absolute Gasteiger partial charge is 0.283 e. The summed E-state index contributed by atoms with van der Waals surface area (Å²) < 4.78 is 5.19. The van der Waals surface area contributed by atoms with Gasteiger partial charge in [-0.25, -0.2) is 4.99 Å². The minimum atomic E-state index is -0.163. The molecular formula is C20H19ClN2O2S. The fourth-order valence-electron chi connectivity index (χ4n) is 2.66. The first kappa shape index (κ1) is 18.5. The number of ether oxygens (including phenoxy) is 1. The zero-order valence-corrected chi connectivity index (χ0v) is 16.4. The first-order valence-corrected chi connectivity index (χ1v) is 9.57. The molecular weight excluding hydrogens is 368 g/mol. The molecule has 0 atom stereocenters. The van der Waals surface area contributed by atoms with Gasteiger partial charge < -0.3 is 4.74 Å². The van der Waals surface area contributed by atoms with Crippen molar-refractivity contribution in [1.82, 2.24) is 0 Å². The van der Waals surface area contributed by atoms with Gasteiger partial charge in [-0.1, -0.05) is 60.1 Å². The van der Waals surface area contributed by atoms with Crippen LogP contribution in [0.1, 0.15) is 18.1 Å². The number of nitrogens with zero attached hydrogens (tertiary/aromatic N) is 2. The molecule has 3 rings (SSSR count). The van der Waals surface area contributed by atoms with Gasteiger partial charge in [-0.3, -0.25) is 9.69 Å². The average Bonchev–Trinajstić information content (AvgIpc) is 2.90. The Bertz CT molecular complexity index is 908. The molecule has 0 saturated heterocycles. The summed E-state index contributed by atoms with van der Waals surface area (Å²) in [7, 11) is 1.56. The Labute approximate surface area is 162 Å². The number of hydrogen-bond donors (Lipinski definition) is 0. The van der Waals surface area contributed by atoms with Gasteiger partial charge in [0.15, 0.2) is 5.17 Å². The van der Waals surface area contributed by atoms with Crippen molar-refractivity contribution in [3.05, 3.63) is 64.3 Å². The maximum atomic E-state index is 13.0. The van der Waals surface area contributed by atoms with E-state index < -0.39 is 0 Å². The number of carbonyl (C=O) groups is 1. The lowest BCUT2D eigenvalue weighted by Crippen LogP contribution is -2.30. The van der Waals surface area contributed by atoms with Crippen molar-refractivity contribution in [2.45, 2.75) is 13.8 Å². The second-order valence-corrected chi connectivity index (χ2v) is 7.37. The van der Waals surface area contributed by atoms with Crippen molar-refractivity contribution in [1.29, 1.82) is 0 Å². The average molecular weight is 387 g/mol. The van der Waals surface area contributed by atoms with Gasteiger partial charge in [0.1, 0.15) is 11.4 Å². The number of amidine groups is 1. The van der Waals surface area contributed by atoms with Crippen molar-refractivity contribution in [3.8, 4) is 5.75 Å². The van der Waals surface area contributed by atoms with Gasteiger partial charge >= 0.3 is 0 Å². The van der Waals surface area contributed by atoms with Gasteiger partial charge in [0.2, 0.25) is 0 Å². The molecule has 134 valence electrons. The highest BCUT2D eigenvalue weighted by molar-refractivity contribution is 8.14. The molecule has 0 spiro atoms. The number of hydrogen-bond acceptors (Lipinski definition) is 4. The number of halogens is 1. The fourth-order valence-corrected chi connectivity index (χ4v) is 3.65. The number of anilines is 1. The Balaban J connectivity index is 2.00. The van der Waals surface area contributed by atoms with E-state index >= 15 is 0 Å². The molecule has 1 aliphatic heterocycles. The zero-order chi connectivity index (χ0) is 18.7. The van der Waals surface area contributed by atoms with E-state index in [1.807, 2.05) is 50.3 Å². The second kappa shape index (κ2) is 7.98. The highest BCUT2D eigenvalue weighted by Crippen LogP contribution is 2.34. The maximum absolute atomic E-state index is 13.0. The van der Waals surface area contributed by atoms with Crippen molar-refractivity contribution < 1.29 is 9.53 Å². The van der Waals surface area contributed by atoms with Crippen LogP contribution in [-0.4, -0.2) is 23.9 Å². The highest BCUT2D eigenvalue weighted by atomic mass is 35.5. The van der Waals surface area contributed by atoms with Gasteiger partial charge in [-0.05, 0) is 42.5 Å². The lowest BCUT2D eigenvalue weighted by molar-refractivity contribution is -0.113. The van der Waals surface area contributed by atoms with Crippen molar-refractivity contribution in [2.24, 2.45) is 4.99 Å². The largest absolute Gasteiger partial charge is 0.495 e. The molecule has 0 unspecified atom stereocenters. The van der Waals surface area contributed by atoms with E-state index in [-0.39, 0.29) is 5.91 Å². The van der Waals surface area contributed by atoms with Crippen LogP contribution in [0.4, 0.5) is 5.69 Å². The summed E-state index contributed by atoms with van der Waals surface area (Å²) in [6.07, 6.45) is 1.82. The minimum Gasteiger partial charge on any atom is -0.495 e. The van der Waals surface area contributed by atoms with Crippen molar-refractivity contribution in [2.75, 3.05) is 17.8 Å². The maximum Gasteiger partial charge on any atom is 0.283 e. The first-order valence-electron chi connectivity index (χ1n) is 8.21. The lowest BCUT2D eigenvalue weighted by Gasteiger charge is -2.18. The zero-order valence-electron chi connectivity index (χ0n) is 14.8. The normalized spacial score (nSPS) is 15.5. The van der Waals surface area contributed by atoms with Gasteiger partial charge in [0, 0.05) is 0 Å². The molecule has 1 aliphatic rings. The number of rotatable bonds is 4. The number of benzene rings is 2. The summed E-state index contributed by atoms with van der Waals surface area (Å²) in [6, 6.07) is 13.3. The van der Waals surface area contributed by atoms with Crippen LogP contribution in [-0.2, 0) is 4.79 Å². The van der Waals surface area contributed by atoms with Crippen LogP contribution in [0.15, 0.2) is 53.2 Å². The van der Waals surface area contributed by atoms with E-state index in [1.165, 1.54) is 11.8 Å². The van der Waals surface area contributed by atoms with E-state index in [1.54, 1.807) is 24.1 Å². The van der Waals surface area contributed by atoms with E-state index in [2.05, 4.69) is 4.99 Å². The van der Waals surface area contributed by atoms with Crippen LogP contribution in [0.25, 0.3) is 6.08 Å². The molecule has 0 radical (unpaired) electrons. The molecule has 1 heterocycles. The fraction of sp³-hybridized carbons (Fsp3) is 0.200. The predicted octanol–water partition coefficient (Wildman–Crippen LogP) is 5.15. The summed E-state index contributed by atoms with van der Waals surface area (Å²) in [5.41, 5.74) is 3.18. The summed E-state index contributed by atoms with van der Waals surface area (Å²) in [4.78, 5) is 19.2. The van der Waals surface area contributed by atoms with Crippen molar-refractivity contribution >= 4 is 46.2 Å². The van der Waals surface area contributed by atoms with Crippen LogP contribution in [0.5, 0.6) is 5.75 Å². The molecule has 4 nitrogen and oxygen atoms in total. The number of methoxy groups -OCH3 is 1. The summed E-state index contributed by atoms with van der Waals surface area (Å²) in [5.74, 6) is 1.22. The third-order valence-electron chi connectivity index (χ3n) is 3.84. The quantitative estimate of drug-likeness (QED) is 0.682. The molecule has 2 aromatic carbocycles. The number of aryl methyl sites for hydroxylation is 1. The summed E-state index contributed by atoms with van der Waals surface area (Å²) in [5, 5.41) is 1.10. The van der Waals surface area contributed by atoms with E-state index in [0.29, 0.717) is 27.3 Å². The molecule has 2 aromatic rings. The first-order chi connectivity index (χ1) is 12.5.